The standard InChI is InChI=1S/C13H17NO2/c1-14(9-12-6-4-8-16-12)13-7-3-2-5-11(13)10-15/h2-3,5,7,10,12H,4,6,8-9H2,1H3. The van der Waals surface area contributed by atoms with Crippen molar-refractivity contribution in [2.75, 3.05) is 25.1 Å². The number of hydrogen-bond donors (Lipinski definition) is 0. The molecule has 1 aliphatic heterocycles. The number of benzene rings is 1. The van der Waals surface area contributed by atoms with Crippen molar-refractivity contribution < 1.29 is 9.53 Å². The summed E-state index contributed by atoms with van der Waals surface area (Å²) < 4.78 is 5.59. The number of aldehydes is 1. The number of carbonyl (C=O) groups excluding carboxylic acids is 1. The van der Waals surface area contributed by atoms with Crippen LogP contribution in [0.15, 0.2) is 24.3 Å². The van der Waals surface area contributed by atoms with Crippen LogP contribution in [0.2, 0.25) is 0 Å². The van der Waals surface area contributed by atoms with Gasteiger partial charge in [-0.1, -0.05) is 12.1 Å². The van der Waals surface area contributed by atoms with E-state index < -0.39 is 0 Å². The summed E-state index contributed by atoms with van der Waals surface area (Å²) in [5, 5.41) is 0. The molecule has 0 N–H and O–H groups in total. The van der Waals surface area contributed by atoms with E-state index >= 15 is 0 Å². The lowest BCUT2D eigenvalue weighted by Crippen LogP contribution is -2.29. The number of nitrogens with zero attached hydrogens (tertiary/aromatic N) is 1. The van der Waals surface area contributed by atoms with Gasteiger partial charge in [-0.3, -0.25) is 4.79 Å². The minimum atomic E-state index is 0.310. The number of carbonyl (C=O) groups is 1. The highest BCUT2D eigenvalue weighted by molar-refractivity contribution is 5.84. The van der Waals surface area contributed by atoms with Gasteiger partial charge in [-0.2, -0.15) is 0 Å². The van der Waals surface area contributed by atoms with E-state index in [0.29, 0.717) is 6.10 Å². The average molecular weight is 219 g/mol. The van der Waals surface area contributed by atoms with Crippen LogP contribution in [0.25, 0.3) is 0 Å². The second-order valence-corrected chi connectivity index (χ2v) is 4.19. The highest BCUT2D eigenvalue weighted by Crippen LogP contribution is 2.20. The first-order valence-corrected chi connectivity index (χ1v) is 5.68. The number of rotatable bonds is 4. The van der Waals surface area contributed by atoms with Crippen LogP contribution in [0.4, 0.5) is 5.69 Å². The van der Waals surface area contributed by atoms with Crippen LogP contribution in [-0.2, 0) is 4.74 Å². The van der Waals surface area contributed by atoms with Gasteiger partial charge in [-0.15, -0.1) is 0 Å². The lowest BCUT2D eigenvalue weighted by atomic mass is 10.1. The van der Waals surface area contributed by atoms with Crippen molar-refractivity contribution in [1.82, 2.24) is 0 Å². The van der Waals surface area contributed by atoms with Crippen molar-refractivity contribution >= 4 is 12.0 Å². The number of likely N-dealkylation sites (N-methyl/N-ethyl adjacent to an activating group) is 1. The van der Waals surface area contributed by atoms with Crippen LogP contribution in [0.3, 0.4) is 0 Å². The van der Waals surface area contributed by atoms with Crippen LogP contribution in [0.5, 0.6) is 0 Å². The molecule has 1 unspecified atom stereocenters. The molecule has 0 aliphatic carbocycles. The van der Waals surface area contributed by atoms with Gasteiger partial charge in [0.2, 0.25) is 0 Å². The van der Waals surface area contributed by atoms with Gasteiger partial charge in [0.1, 0.15) is 0 Å². The Morgan fingerprint density at radius 1 is 1.50 bits per heavy atom. The molecule has 1 heterocycles. The largest absolute Gasteiger partial charge is 0.376 e. The van der Waals surface area contributed by atoms with Crippen LogP contribution >= 0.6 is 0 Å². The SMILES string of the molecule is CN(CC1CCCO1)c1ccccc1C=O. The Morgan fingerprint density at radius 3 is 3.00 bits per heavy atom. The maximum Gasteiger partial charge on any atom is 0.152 e. The molecular weight excluding hydrogens is 202 g/mol. The molecule has 1 saturated heterocycles. The van der Waals surface area contributed by atoms with Crippen LogP contribution in [0.1, 0.15) is 23.2 Å². The Morgan fingerprint density at radius 2 is 2.31 bits per heavy atom. The average Bonchev–Trinajstić information content (AvgIpc) is 2.81. The minimum Gasteiger partial charge on any atom is -0.376 e. The first-order chi connectivity index (χ1) is 7.81. The summed E-state index contributed by atoms with van der Waals surface area (Å²) in [6.45, 7) is 1.72. The zero-order chi connectivity index (χ0) is 11.4. The summed E-state index contributed by atoms with van der Waals surface area (Å²) >= 11 is 0. The maximum absolute atomic E-state index is 10.9. The Labute approximate surface area is 96.0 Å². The molecule has 2 rings (SSSR count). The van der Waals surface area contributed by atoms with Crippen LogP contribution in [0, 0.1) is 0 Å². The maximum atomic E-state index is 10.9. The van der Waals surface area contributed by atoms with Crippen molar-refractivity contribution in [2.24, 2.45) is 0 Å². The number of para-hydroxylation sites is 1. The molecule has 0 spiro atoms. The van der Waals surface area contributed by atoms with E-state index in [1.54, 1.807) is 0 Å². The van der Waals surface area contributed by atoms with Crippen LogP contribution in [-0.4, -0.2) is 32.6 Å². The molecule has 1 aliphatic rings. The fourth-order valence-electron chi connectivity index (χ4n) is 2.13. The molecule has 3 heteroatoms. The van der Waals surface area contributed by atoms with E-state index in [0.717, 1.165) is 43.5 Å². The summed E-state index contributed by atoms with van der Waals surface area (Å²) in [5.74, 6) is 0. The second kappa shape index (κ2) is 5.12. The topological polar surface area (TPSA) is 29.5 Å². The summed E-state index contributed by atoms with van der Waals surface area (Å²) in [4.78, 5) is 13.0. The van der Waals surface area contributed by atoms with Gasteiger partial charge in [0, 0.05) is 31.5 Å². The molecule has 0 saturated carbocycles. The lowest BCUT2D eigenvalue weighted by Gasteiger charge is -2.23. The fourth-order valence-corrected chi connectivity index (χ4v) is 2.13. The molecule has 0 aromatic heterocycles. The molecule has 86 valence electrons. The van der Waals surface area contributed by atoms with Crippen LogP contribution < -0.4 is 4.90 Å². The molecule has 1 fully saturated rings. The van der Waals surface area contributed by atoms with E-state index in [-0.39, 0.29) is 0 Å². The Balaban J connectivity index is 2.07. The third-order valence-electron chi connectivity index (χ3n) is 2.98. The quantitative estimate of drug-likeness (QED) is 0.726. The Hall–Kier alpha value is -1.35. The molecule has 0 radical (unpaired) electrons. The van der Waals surface area contributed by atoms with Crippen molar-refractivity contribution in [2.45, 2.75) is 18.9 Å². The van der Waals surface area contributed by atoms with Gasteiger partial charge in [0.15, 0.2) is 6.29 Å². The van der Waals surface area contributed by atoms with Gasteiger partial charge in [0.05, 0.1) is 6.10 Å². The van der Waals surface area contributed by atoms with Gasteiger partial charge < -0.3 is 9.64 Å². The van der Waals surface area contributed by atoms with Crippen molar-refractivity contribution in [1.29, 1.82) is 0 Å². The van der Waals surface area contributed by atoms with E-state index in [2.05, 4.69) is 4.90 Å². The van der Waals surface area contributed by atoms with Crippen molar-refractivity contribution in [3.63, 3.8) is 0 Å². The number of anilines is 1. The van der Waals surface area contributed by atoms with E-state index in [1.165, 1.54) is 0 Å². The summed E-state index contributed by atoms with van der Waals surface area (Å²) in [6.07, 6.45) is 3.48. The smallest absolute Gasteiger partial charge is 0.152 e. The highest BCUT2D eigenvalue weighted by Gasteiger charge is 2.18. The predicted molar refractivity (Wildman–Crippen MR) is 64.1 cm³/mol. The highest BCUT2D eigenvalue weighted by atomic mass is 16.5. The van der Waals surface area contributed by atoms with Crippen molar-refractivity contribution in [3.05, 3.63) is 29.8 Å². The summed E-state index contributed by atoms with van der Waals surface area (Å²) in [6, 6.07) is 7.65. The normalized spacial score (nSPS) is 19.7. The lowest BCUT2D eigenvalue weighted by molar-refractivity contribution is 0.111. The van der Waals surface area contributed by atoms with E-state index in [1.807, 2.05) is 31.3 Å². The van der Waals surface area contributed by atoms with Crippen molar-refractivity contribution in [3.8, 4) is 0 Å². The minimum absolute atomic E-state index is 0.310. The molecule has 3 nitrogen and oxygen atoms in total. The zero-order valence-electron chi connectivity index (χ0n) is 9.56. The van der Waals surface area contributed by atoms with Gasteiger partial charge in [-0.05, 0) is 25.0 Å². The predicted octanol–water partition coefficient (Wildman–Crippen LogP) is 2.11. The van der Waals surface area contributed by atoms with Gasteiger partial charge in [-0.25, -0.2) is 0 Å². The summed E-state index contributed by atoms with van der Waals surface area (Å²) in [7, 11) is 2.00. The van der Waals surface area contributed by atoms with E-state index in [4.69, 9.17) is 4.74 Å². The molecule has 1 aromatic rings. The zero-order valence-corrected chi connectivity index (χ0v) is 9.56. The number of hydrogen-bond acceptors (Lipinski definition) is 3. The first kappa shape index (κ1) is 11.1. The Bertz CT molecular complexity index is 359. The molecule has 1 atom stereocenters. The Kier molecular flexibility index (Phi) is 3.57. The second-order valence-electron chi connectivity index (χ2n) is 4.19. The fraction of sp³-hybridized carbons (Fsp3) is 0.462. The monoisotopic (exact) mass is 219 g/mol. The first-order valence-electron chi connectivity index (χ1n) is 5.68. The molecule has 0 amide bonds. The number of ether oxygens (including phenoxy) is 1. The molecule has 16 heavy (non-hydrogen) atoms. The van der Waals surface area contributed by atoms with E-state index in [9.17, 15) is 4.79 Å². The molecular formula is C13H17NO2. The molecule has 1 aromatic carbocycles. The third kappa shape index (κ3) is 2.42. The summed E-state index contributed by atoms with van der Waals surface area (Å²) in [5.41, 5.74) is 1.72. The third-order valence-corrected chi connectivity index (χ3v) is 2.98. The molecule has 0 bridgehead atoms. The van der Waals surface area contributed by atoms with Gasteiger partial charge >= 0.3 is 0 Å². The van der Waals surface area contributed by atoms with Gasteiger partial charge in [0.25, 0.3) is 0 Å².